The number of rotatable bonds is 2. The van der Waals surface area contributed by atoms with Gasteiger partial charge in [-0.2, -0.15) is 5.32 Å². The van der Waals surface area contributed by atoms with Crippen LogP contribution in [0.5, 0.6) is 0 Å². The molecule has 0 aromatic heterocycles. The first kappa shape index (κ1) is 11.5. The highest BCUT2D eigenvalue weighted by molar-refractivity contribution is 6.02. The molecule has 0 unspecified atom stereocenters. The topological polar surface area (TPSA) is 55.2 Å². The number of anilines is 1. The second-order valence-corrected chi connectivity index (χ2v) is 5.16. The van der Waals surface area contributed by atoms with Crippen LogP contribution in [0.1, 0.15) is 37.2 Å². The molecular weight excluding hydrogens is 226 g/mol. The van der Waals surface area contributed by atoms with E-state index in [2.05, 4.69) is 28.1 Å². The summed E-state index contributed by atoms with van der Waals surface area (Å²) in [5.41, 5.74) is 2.96. The fraction of sp³-hybridized carbons (Fsp3) is 0.500. The molecule has 18 heavy (non-hydrogen) atoms. The molecule has 2 N–H and O–H groups in total. The van der Waals surface area contributed by atoms with Crippen molar-refractivity contribution in [2.24, 2.45) is 0 Å². The van der Waals surface area contributed by atoms with Gasteiger partial charge >= 0.3 is 6.03 Å². The van der Waals surface area contributed by atoms with Crippen molar-refractivity contribution in [3.63, 3.8) is 0 Å². The van der Waals surface area contributed by atoms with Gasteiger partial charge in [-0.3, -0.25) is 0 Å². The molecule has 95 valence electrons. The molecule has 0 spiro atoms. The highest BCUT2D eigenvalue weighted by Crippen LogP contribution is 2.37. The molecule has 0 bridgehead atoms. The van der Waals surface area contributed by atoms with E-state index >= 15 is 0 Å². The molecule has 0 saturated heterocycles. The SMILES string of the molecule is CNC1CCC(c2ccc3c(c2)[N]C(=O)N3)CC1. The van der Waals surface area contributed by atoms with Gasteiger partial charge in [-0.25, -0.2) is 4.79 Å². The normalized spacial score (nSPS) is 26.4. The first-order valence-electron chi connectivity index (χ1n) is 6.60. The molecule has 3 rings (SSSR count). The number of fused-ring (bicyclic) bond motifs is 1. The third-order valence-electron chi connectivity index (χ3n) is 4.09. The van der Waals surface area contributed by atoms with E-state index in [0.29, 0.717) is 12.0 Å². The first-order chi connectivity index (χ1) is 8.76. The highest BCUT2D eigenvalue weighted by Gasteiger charge is 2.24. The lowest BCUT2D eigenvalue weighted by Crippen LogP contribution is -2.29. The van der Waals surface area contributed by atoms with Crippen LogP contribution in [0, 0.1) is 0 Å². The number of carbonyl (C=O) groups is 1. The molecule has 4 heteroatoms. The minimum Gasteiger partial charge on any atom is -0.317 e. The molecule has 1 heterocycles. The van der Waals surface area contributed by atoms with E-state index in [0.717, 1.165) is 11.4 Å². The van der Waals surface area contributed by atoms with Crippen LogP contribution >= 0.6 is 0 Å². The summed E-state index contributed by atoms with van der Waals surface area (Å²) in [6, 6.07) is 6.59. The Labute approximate surface area is 107 Å². The third-order valence-corrected chi connectivity index (χ3v) is 4.09. The summed E-state index contributed by atoms with van der Waals surface area (Å²) in [5, 5.41) is 10.1. The predicted molar refractivity (Wildman–Crippen MR) is 71.3 cm³/mol. The van der Waals surface area contributed by atoms with Crippen molar-refractivity contribution in [1.29, 1.82) is 0 Å². The molecule has 1 aromatic rings. The van der Waals surface area contributed by atoms with Crippen molar-refractivity contribution in [3.8, 4) is 0 Å². The quantitative estimate of drug-likeness (QED) is 0.840. The molecule has 1 aromatic carbocycles. The average Bonchev–Trinajstić information content (AvgIpc) is 2.78. The molecule has 2 aliphatic rings. The summed E-state index contributed by atoms with van der Waals surface area (Å²) < 4.78 is 0. The number of hydrogen-bond donors (Lipinski definition) is 2. The molecule has 1 radical (unpaired) electrons. The fourth-order valence-corrected chi connectivity index (χ4v) is 2.97. The van der Waals surface area contributed by atoms with Crippen LogP contribution < -0.4 is 16.0 Å². The van der Waals surface area contributed by atoms with E-state index in [1.54, 1.807) is 0 Å². The maximum Gasteiger partial charge on any atom is 0.346 e. The molecule has 4 nitrogen and oxygen atoms in total. The second-order valence-electron chi connectivity index (χ2n) is 5.16. The summed E-state index contributed by atoms with van der Waals surface area (Å²) in [6.45, 7) is 0. The van der Waals surface area contributed by atoms with Crippen LogP contribution in [0.15, 0.2) is 18.2 Å². The minimum atomic E-state index is -0.249. The summed E-state index contributed by atoms with van der Waals surface area (Å²) in [5.74, 6) is 0.616. The highest BCUT2D eigenvalue weighted by atomic mass is 16.2. The Morgan fingerprint density at radius 3 is 2.78 bits per heavy atom. The second kappa shape index (κ2) is 4.61. The lowest BCUT2D eigenvalue weighted by atomic mass is 9.81. The van der Waals surface area contributed by atoms with Crippen molar-refractivity contribution in [2.75, 3.05) is 12.4 Å². The van der Waals surface area contributed by atoms with Gasteiger partial charge in [-0.1, -0.05) is 6.07 Å². The first-order valence-corrected chi connectivity index (χ1v) is 6.60. The third kappa shape index (κ3) is 2.08. The Bertz CT molecular complexity index is 464. The van der Waals surface area contributed by atoms with E-state index in [1.165, 1.54) is 31.2 Å². The van der Waals surface area contributed by atoms with Crippen molar-refractivity contribution in [1.82, 2.24) is 10.6 Å². The van der Waals surface area contributed by atoms with E-state index in [1.807, 2.05) is 13.1 Å². The van der Waals surface area contributed by atoms with Gasteiger partial charge in [0.1, 0.15) is 0 Å². The predicted octanol–water partition coefficient (Wildman–Crippen LogP) is 2.71. The lowest BCUT2D eigenvalue weighted by molar-refractivity contribution is 0.256. The Morgan fingerprint density at radius 1 is 1.28 bits per heavy atom. The van der Waals surface area contributed by atoms with Crippen LogP contribution in [-0.4, -0.2) is 19.1 Å². The van der Waals surface area contributed by atoms with Crippen LogP contribution in [0.25, 0.3) is 0 Å². The molecule has 2 amide bonds. The zero-order valence-electron chi connectivity index (χ0n) is 10.6. The Hall–Kier alpha value is -1.55. The summed E-state index contributed by atoms with van der Waals surface area (Å²) in [7, 11) is 2.04. The molecule has 0 atom stereocenters. The van der Waals surface area contributed by atoms with E-state index < -0.39 is 0 Å². The number of urea groups is 1. The number of hydrogen-bond acceptors (Lipinski definition) is 2. The van der Waals surface area contributed by atoms with Crippen LogP contribution in [-0.2, 0) is 0 Å². The Morgan fingerprint density at radius 2 is 2.06 bits per heavy atom. The van der Waals surface area contributed by atoms with Gasteiger partial charge in [0.05, 0.1) is 11.4 Å². The number of nitrogens with one attached hydrogen (secondary N) is 2. The molecule has 1 aliphatic carbocycles. The van der Waals surface area contributed by atoms with Gasteiger partial charge in [0, 0.05) is 6.04 Å². The maximum atomic E-state index is 11.2. The number of nitrogens with zero attached hydrogens (tertiary/aromatic N) is 1. The standard InChI is InChI=1S/C14H18N3O/c1-15-11-5-2-9(3-6-11)10-4-7-12-13(8-10)17-14(18)16-12/h4,7-9,11,15H,2-3,5-6H2,1H3,(H,16,18). The summed E-state index contributed by atoms with van der Waals surface area (Å²) in [4.78, 5) is 11.2. The van der Waals surface area contributed by atoms with Gasteiger partial charge in [0.2, 0.25) is 0 Å². The van der Waals surface area contributed by atoms with Gasteiger partial charge < -0.3 is 10.6 Å². The number of carbonyl (C=O) groups excluding carboxylic acids is 1. The number of amides is 2. The van der Waals surface area contributed by atoms with E-state index in [4.69, 9.17) is 0 Å². The van der Waals surface area contributed by atoms with Crippen molar-refractivity contribution in [3.05, 3.63) is 23.8 Å². The van der Waals surface area contributed by atoms with Crippen LogP contribution in [0.4, 0.5) is 16.2 Å². The smallest absolute Gasteiger partial charge is 0.317 e. The largest absolute Gasteiger partial charge is 0.346 e. The van der Waals surface area contributed by atoms with Crippen molar-refractivity contribution >= 4 is 17.4 Å². The lowest BCUT2D eigenvalue weighted by Gasteiger charge is -2.28. The van der Waals surface area contributed by atoms with Gasteiger partial charge in [0.15, 0.2) is 0 Å². The van der Waals surface area contributed by atoms with Crippen LogP contribution in [0.3, 0.4) is 0 Å². The Kier molecular flexibility index (Phi) is 2.96. The molecular formula is C14H18N3O. The zero-order chi connectivity index (χ0) is 12.5. The summed E-state index contributed by atoms with van der Waals surface area (Å²) in [6.07, 6.45) is 4.89. The minimum absolute atomic E-state index is 0.249. The van der Waals surface area contributed by atoms with E-state index in [9.17, 15) is 4.79 Å². The van der Waals surface area contributed by atoms with Gasteiger partial charge in [-0.05, 0) is 56.3 Å². The maximum absolute atomic E-state index is 11.2. The molecule has 1 fully saturated rings. The zero-order valence-corrected chi connectivity index (χ0v) is 10.6. The van der Waals surface area contributed by atoms with Crippen molar-refractivity contribution in [2.45, 2.75) is 37.6 Å². The van der Waals surface area contributed by atoms with Gasteiger partial charge in [-0.15, -0.1) is 0 Å². The summed E-state index contributed by atoms with van der Waals surface area (Å²) >= 11 is 0. The molecule has 1 saturated carbocycles. The number of benzene rings is 1. The average molecular weight is 244 g/mol. The molecule has 1 aliphatic heterocycles. The Balaban J connectivity index is 1.74. The van der Waals surface area contributed by atoms with Crippen molar-refractivity contribution < 1.29 is 4.79 Å². The fourth-order valence-electron chi connectivity index (χ4n) is 2.97. The van der Waals surface area contributed by atoms with Crippen LogP contribution in [0.2, 0.25) is 0 Å². The monoisotopic (exact) mass is 244 g/mol. The van der Waals surface area contributed by atoms with Gasteiger partial charge in [0.25, 0.3) is 0 Å². The van der Waals surface area contributed by atoms with E-state index in [-0.39, 0.29) is 6.03 Å².